The molecule has 2 aliphatic rings. The number of imide groups is 1. The SMILES string of the molecule is Cc1cc(NC(=O)NCc2ccc3c(c2)CN(C2CCC(=O)NC2=O)C3=O)ccc1N. The summed E-state index contributed by atoms with van der Waals surface area (Å²) in [6.07, 6.45) is 0.540. The molecule has 0 saturated carbocycles. The van der Waals surface area contributed by atoms with Gasteiger partial charge in [0.15, 0.2) is 0 Å². The zero-order valence-electron chi connectivity index (χ0n) is 17.0. The highest BCUT2D eigenvalue weighted by Gasteiger charge is 2.39. The molecule has 1 saturated heterocycles. The molecule has 1 fully saturated rings. The van der Waals surface area contributed by atoms with Gasteiger partial charge in [-0.15, -0.1) is 0 Å². The number of piperidine rings is 1. The molecule has 2 aromatic rings. The van der Waals surface area contributed by atoms with E-state index in [2.05, 4.69) is 16.0 Å². The van der Waals surface area contributed by atoms with Crippen molar-refractivity contribution in [3.05, 3.63) is 58.7 Å². The van der Waals surface area contributed by atoms with Crippen molar-refractivity contribution in [2.24, 2.45) is 0 Å². The van der Waals surface area contributed by atoms with Crippen LogP contribution in [0.3, 0.4) is 0 Å². The molecule has 0 aromatic heterocycles. The number of hydrogen-bond acceptors (Lipinski definition) is 5. The zero-order chi connectivity index (χ0) is 22.1. The van der Waals surface area contributed by atoms with Crippen molar-refractivity contribution in [2.45, 2.75) is 38.9 Å². The molecule has 2 aliphatic heterocycles. The smallest absolute Gasteiger partial charge is 0.319 e. The van der Waals surface area contributed by atoms with Crippen LogP contribution in [-0.4, -0.2) is 34.7 Å². The third kappa shape index (κ3) is 4.20. The summed E-state index contributed by atoms with van der Waals surface area (Å²) in [6.45, 7) is 2.44. The fraction of sp³-hybridized carbons (Fsp3) is 0.273. The van der Waals surface area contributed by atoms with Crippen molar-refractivity contribution in [2.75, 3.05) is 11.1 Å². The second-order valence-corrected chi connectivity index (χ2v) is 7.77. The number of nitrogens with one attached hydrogen (secondary N) is 3. The average Bonchev–Trinajstić information content (AvgIpc) is 3.05. The number of carbonyl (C=O) groups excluding carboxylic acids is 4. The normalized spacial score (nSPS) is 17.9. The van der Waals surface area contributed by atoms with Crippen molar-refractivity contribution in [1.82, 2.24) is 15.5 Å². The Kier molecular flexibility index (Phi) is 5.33. The van der Waals surface area contributed by atoms with Crippen LogP contribution in [0, 0.1) is 6.92 Å². The van der Waals surface area contributed by atoms with Crippen molar-refractivity contribution in [1.29, 1.82) is 0 Å². The van der Waals surface area contributed by atoms with Gasteiger partial charge in [0.2, 0.25) is 11.8 Å². The number of anilines is 2. The minimum atomic E-state index is -0.645. The summed E-state index contributed by atoms with van der Waals surface area (Å²) in [5.41, 5.74) is 10.1. The van der Waals surface area contributed by atoms with E-state index < -0.39 is 11.9 Å². The van der Waals surface area contributed by atoms with E-state index in [4.69, 9.17) is 5.73 Å². The molecule has 5 amide bonds. The Labute approximate surface area is 179 Å². The van der Waals surface area contributed by atoms with Crippen molar-refractivity contribution >= 4 is 35.1 Å². The van der Waals surface area contributed by atoms with Crippen molar-refractivity contribution in [3.8, 4) is 0 Å². The van der Waals surface area contributed by atoms with Gasteiger partial charge in [-0.3, -0.25) is 19.7 Å². The van der Waals surface area contributed by atoms with Crippen LogP contribution in [0.25, 0.3) is 0 Å². The molecule has 2 aromatic carbocycles. The van der Waals surface area contributed by atoms with E-state index in [9.17, 15) is 19.2 Å². The topological polar surface area (TPSA) is 134 Å². The van der Waals surface area contributed by atoms with Crippen LogP contribution in [0.5, 0.6) is 0 Å². The Morgan fingerprint density at radius 3 is 2.74 bits per heavy atom. The summed E-state index contributed by atoms with van der Waals surface area (Å²) >= 11 is 0. The molecule has 0 bridgehead atoms. The maximum absolute atomic E-state index is 12.7. The second kappa shape index (κ2) is 8.10. The van der Waals surface area contributed by atoms with Crippen molar-refractivity contribution in [3.63, 3.8) is 0 Å². The lowest BCUT2D eigenvalue weighted by Gasteiger charge is -2.29. The highest BCUT2D eigenvalue weighted by molar-refractivity contribution is 6.05. The fourth-order valence-electron chi connectivity index (χ4n) is 3.85. The van der Waals surface area contributed by atoms with E-state index >= 15 is 0 Å². The number of nitrogens with zero attached hydrogens (tertiary/aromatic N) is 1. The number of amides is 5. The molecule has 1 unspecified atom stereocenters. The molecule has 31 heavy (non-hydrogen) atoms. The van der Waals surface area contributed by atoms with E-state index in [1.807, 2.05) is 13.0 Å². The van der Waals surface area contributed by atoms with Crippen LogP contribution in [0.15, 0.2) is 36.4 Å². The predicted molar refractivity (Wildman–Crippen MR) is 114 cm³/mol. The third-order valence-corrected chi connectivity index (χ3v) is 5.57. The summed E-state index contributed by atoms with van der Waals surface area (Å²) in [6, 6.07) is 9.59. The summed E-state index contributed by atoms with van der Waals surface area (Å²) in [5.74, 6) is -0.972. The van der Waals surface area contributed by atoms with Crippen LogP contribution in [0.1, 0.15) is 39.9 Å². The number of fused-ring (bicyclic) bond motifs is 1. The van der Waals surface area contributed by atoms with Gasteiger partial charge in [0, 0.05) is 36.4 Å². The molecule has 5 N–H and O–H groups in total. The standard InChI is InChI=1S/C22H23N5O4/c1-12-8-15(3-5-17(12)23)25-22(31)24-10-13-2-4-16-14(9-13)11-27(21(16)30)18-6-7-19(28)26-20(18)29/h2-5,8-9,18H,6-7,10-11,23H2,1H3,(H2,24,25,31)(H,26,28,29). The molecule has 2 heterocycles. The van der Waals surface area contributed by atoms with Gasteiger partial charge in [-0.2, -0.15) is 0 Å². The number of urea groups is 1. The van der Waals surface area contributed by atoms with Gasteiger partial charge in [0.25, 0.3) is 5.91 Å². The van der Waals surface area contributed by atoms with Gasteiger partial charge in [-0.1, -0.05) is 12.1 Å². The number of benzene rings is 2. The number of rotatable bonds is 4. The van der Waals surface area contributed by atoms with E-state index in [1.165, 1.54) is 4.90 Å². The van der Waals surface area contributed by atoms with Crippen molar-refractivity contribution < 1.29 is 19.2 Å². The highest BCUT2D eigenvalue weighted by atomic mass is 16.2. The van der Waals surface area contributed by atoms with E-state index in [1.54, 1.807) is 30.3 Å². The highest BCUT2D eigenvalue weighted by Crippen LogP contribution is 2.28. The molecule has 1 atom stereocenters. The minimum Gasteiger partial charge on any atom is -0.399 e. The number of hydrogen-bond donors (Lipinski definition) is 4. The zero-order valence-corrected chi connectivity index (χ0v) is 17.0. The van der Waals surface area contributed by atoms with Gasteiger partial charge < -0.3 is 21.3 Å². The third-order valence-electron chi connectivity index (χ3n) is 5.57. The monoisotopic (exact) mass is 421 g/mol. The van der Waals surface area contributed by atoms with Gasteiger partial charge in [-0.05, 0) is 54.3 Å². The van der Waals surface area contributed by atoms with Gasteiger partial charge in [0.05, 0.1) is 0 Å². The Balaban J connectivity index is 1.38. The first kappa shape index (κ1) is 20.4. The van der Waals surface area contributed by atoms with Crippen LogP contribution in [0.4, 0.5) is 16.2 Å². The van der Waals surface area contributed by atoms with Crippen LogP contribution >= 0.6 is 0 Å². The first-order chi connectivity index (χ1) is 14.8. The van der Waals surface area contributed by atoms with Gasteiger partial charge >= 0.3 is 6.03 Å². The van der Waals surface area contributed by atoms with E-state index in [0.717, 1.165) is 16.7 Å². The maximum Gasteiger partial charge on any atom is 0.319 e. The Hall–Kier alpha value is -3.88. The Morgan fingerprint density at radius 2 is 2.00 bits per heavy atom. The lowest BCUT2D eigenvalue weighted by molar-refractivity contribution is -0.136. The lowest BCUT2D eigenvalue weighted by atomic mass is 10.0. The molecule has 4 rings (SSSR count). The minimum absolute atomic E-state index is 0.217. The quantitative estimate of drug-likeness (QED) is 0.440. The molecular formula is C22H23N5O4. The molecule has 9 heteroatoms. The summed E-state index contributed by atoms with van der Waals surface area (Å²) in [5, 5.41) is 7.84. The summed E-state index contributed by atoms with van der Waals surface area (Å²) < 4.78 is 0. The number of carbonyl (C=O) groups is 4. The fourth-order valence-corrected chi connectivity index (χ4v) is 3.85. The summed E-state index contributed by atoms with van der Waals surface area (Å²) in [7, 11) is 0. The predicted octanol–water partition coefficient (Wildman–Crippen LogP) is 1.66. The Morgan fingerprint density at radius 1 is 1.19 bits per heavy atom. The van der Waals surface area contributed by atoms with Crippen LogP contribution in [0.2, 0.25) is 0 Å². The van der Waals surface area contributed by atoms with Gasteiger partial charge in [-0.25, -0.2) is 4.79 Å². The number of nitrogens with two attached hydrogens (primary N) is 1. The largest absolute Gasteiger partial charge is 0.399 e. The molecule has 9 nitrogen and oxygen atoms in total. The summed E-state index contributed by atoms with van der Waals surface area (Å²) in [4.78, 5) is 49.9. The number of nitrogen functional groups attached to an aromatic ring is 1. The first-order valence-electron chi connectivity index (χ1n) is 9.99. The molecule has 160 valence electrons. The number of aryl methyl sites for hydroxylation is 1. The van der Waals surface area contributed by atoms with Gasteiger partial charge in [0.1, 0.15) is 6.04 Å². The van der Waals surface area contributed by atoms with Crippen LogP contribution < -0.4 is 21.7 Å². The van der Waals surface area contributed by atoms with E-state index in [-0.39, 0.29) is 30.8 Å². The van der Waals surface area contributed by atoms with E-state index in [0.29, 0.717) is 29.9 Å². The Bertz CT molecular complexity index is 1100. The molecule has 0 spiro atoms. The second-order valence-electron chi connectivity index (χ2n) is 7.77. The molecular weight excluding hydrogens is 398 g/mol. The average molecular weight is 421 g/mol. The molecule has 0 radical (unpaired) electrons. The first-order valence-corrected chi connectivity index (χ1v) is 9.99. The lowest BCUT2D eigenvalue weighted by Crippen LogP contribution is -2.52. The maximum atomic E-state index is 12.7. The van der Waals surface area contributed by atoms with Crippen LogP contribution in [-0.2, 0) is 22.7 Å². The molecule has 0 aliphatic carbocycles.